The third-order valence-electron chi connectivity index (χ3n) is 8.25. The second-order valence-electron chi connectivity index (χ2n) is 11.3. The van der Waals surface area contributed by atoms with E-state index in [1.807, 2.05) is 17.0 Å². The molecule has 3 aromatic rings. The largest absolute Gasteiger partial charge is 0.339 e. The number of piperazine rings is 2. The third kappa shape index (κ3) is 8.12. The summed E-state index contributed by atoms with van der Waals surface area (Å²) in [5, 5.41) is 2.93. The molecular weight excluding hydrogens is 526 g/mol. The van der Waals surface area contributed by atoms with E-state index in [2.05, 4.69) is 68.5 Å². The Labute approximate surface area is 248 Å². The summed E-state index contributed by atoms with van der Waals surface area (Å²) >= 11 is 0. The van der Waals surface area contributed by atoms with Crippen LogP contribution in [0.25, 0.3) is 0 Å². The summed E-state index contributed by atoms with van der Waals surface area (Å²) in [4.78, 5) is 48.0. The van der Waals surface area contributed by atoms with Crippen molar-refractivity contribution in [3.8, 4) is 0 Å². The van der Waals surface area contributed by atoms with E-state index in [0.29, 0.717) is 24.3 Å². The van der Waals surface area contributed by atoms with Crippen LogP contribution in [-0.4, -0.2) is 95.6 Å². The van der Waals surface area contributed by atoms with E-state index in [9.17, 15) is 14.4 Å². The van der Waals surface area contributed by atoms with Crippen molar-refractivity contribution in [3.63, 3.8) is 0 Å². The van der Waals surface area contributed by atoms with Gasteiger partial charge in [0.2, 0.25) is 11.8 Å². The number of rotatable bonds is 10. The first-order valence-electron chi connectivity index (χ1n) is 14.9. The van der Waals surface area contributed by atoms with Crippen molar-refractivity contribution in [2.45, 2.75) is 32.5 Å². The Balaban J connectivity index is 1.23. The number of carbonyl (C=O) groups excluding carboxylic acids is 3. The standard InChI is InChI=1S/C34H41N5O3/c1-27(40)30-13-8-14-31(23-30)35-33(41)24-32(38-19-15-36(16-20-38)25-28-9-4-2-5-10-28)34(42)39-21-17-37(18-22-39)26-29-11-6-3-7-12-29/h2-14,23,32H,15-22,24-26H2,1H3,(H,35,41). The Hall–Kier alpha value is -3.85. The van der Waals surface area contributed by atoms with Crippen LogP contribution in [0.5, 0.6) is 0 Å². The second kappa shape index (κ2) is 14.4. The first-order chi connectivity index (χ1) is 20.4. The van der Waals surface area contributed by atoms with Gasteiger partial charge in [0.25, 0.3) is 0 Å². The van der Waals surface area contributed by atoms with E-state index in [0.717, 1.165) is 52.4 Å². The van der Waals surface area contributed by atoms with Gasteiger partial charge in [0.1, 0.15) is 0 Å². The first-order valence-corrected chi connectivity index (χ1v) is 14.9. The summed E-state index contributed by atoms with van der Waals surface area (Å²) in [7, 11) is 0. The number of ketones is 1. The molecule has 2 heterocycles. The van der Waals surface area contributed by atoms with Crippen LogP contribution < -0.4 is 5.32 Å². The summed E-state index contributed by atoms with van der Waals surface area (Å²) < 4.78 is 0. The maximum Gasteiger partial charge on any atom is 0.240 e. The maximum atomic E-state index is 14.0. The van der Waals surface area contributed by atoms with Crippen molar-refractivity contribution < 1.29 is 14.4 Å². The summed E-state index contributed by atoms with van der Waals surface area (Å²) in [6.45, 7) is 9.31. The minimum atomic E-state index is -0.527. The lowest BCUT2D eigenvalue weighted by Crippen LogP contribution is -2.58. The lowest BCUT2D eigenvalue weighted by atomic mass is 10.1. The number of nitrogens with one attached hydrogen (secondary N) is 1. The van der Waals surface area contributed by atoms with Crippen molar-refractivity contribution in [2.24, 2.45) is 0 Å². The molecular formula is C34H41N5O3. The first kappa shape index (κ1) is 29.6. The van der Waals surface area contributed by atoms with Gasteiger partial charge in [0, 0.05) is 76.7 Å². The summed E-state index contributed by atoms with van der Waals surface area (Å²) in [5.74, 6) is -0.249. The highest BCUT2D eigenvalue weighted by atomic mass is 16.2. The number of Topliss-reactive ketones (excluding diaryl/α,β-unsaturated/α-hetero) is 1. The number of carbonyl (C=O) groups is 3. The van der Waals surface area contributed by atoms with Crippen LogP contribution in [0.4, 0.5) is 5.69 Å². The van der Waals surface area contributed by atoms with E-state index in [4.69, 9.17) is 0 Å². The SMILES string of the molecule is CC(=O)c1cccc(NC(=O)CC(C(=O)N2CCN(Cc3ccccc3)CC2)N2CCN(Cc3ccccc3)CC2)c1. The van der Waals surface area contributed by atoms with Crippen molar-refractivity contribution in [1.29, 1.82) is 0 Å². The molecule has 2 aliphatic rings. The van der Waals surface area contributed by atoms with Gasteiger partial charge < -0.3 is 10.2 Å². The Morgan fingerprint density at radius 2 is 1.24 bits per heavy atom. The number of hydrogen-bond donors (Lipinski definition) is 1. The van der Waals surface area contributed by atoms with E-state index in [-0.39, 0.29) is 24.0 Å². The maximum absolute atomic E-state index is 14.0. The van der Waals surface area contributed by atoms with Crippen molar-refractivity contribution in [3.05, 3.63) is 102 Å². The quantitative estimate of drug-likeness (QED) is 0.376. The number of amides is 2. The minimum Gasteiger partial charge on any atom is -0.339 e. The molecule has 5 rings (SSSR count). The van der Waals surface area contributed by atoms with Crippen molar-refractivity contribution in [1.82, 2.24) is 19.6 Å². The Kier molecular flexibility index (Phi) is 10.1. The molecule has 1 N–H and O–H groups in total. The van der Waals surface area contributed by atoms with Gasteiger partial charge >= 0.3 is 0 Å². The molecule has 1 unspecified atom stereocenters. The Morgan fingerprint density at radius 1 is 0.690 bits per heavy atom. The average Bonchev–Trinajstić information content (AvgIpc) is 3.01. The van der Waals surface area contributed by atoms with Gasteiger partial charge in [-0.2, -0.15) is 0 Å². The molecule has 2 amide bonds. The van der Waals surface area contributed by atoms with Gasteiger partial charge in [-0.15, -0.1) is 0 Å². The van der Waals surface area contributed by atoms with Crippen LogP contribution in [0.1, 0.15) is 34.8 Å². The van der Waals surface area contributed by atoms with Gasteiger partial charge in [0.05, 0.1) is 12.5 Å². The predicted octanol–water partition coefficient (Wildman–Crippen LogP) is 3.75. The number of anilines is 1. The average molecular weight is 568 g/mol. The molecule has 42 heavy (non-hydrogen) atoms. The molecule has 2 fully saturated rings. The molecule has 8 nitrogen and oxygen atoms in total. The van der Waals surface area contributed by atoms with Crippen LogP contribution in [0.15, 0.2) is 84.9 Å². The molecule has 2 aliphatic heterocycles. The van der Waals surface area contributed by atoms with Crippen LogP contribution in [0, 0.1) is 0 Å². The third-order valence-corrected chi connectivity index (χ3v) is 8.25. The zero-order valence-corrected chi connectivity index (χ0v) is 24.5. The number of hydrogen-bond acceptors (Lipinski definition) is 6. The second-order valence-corrected chi connectivity index (χ2v) is 11.3. The molecule has 2 saturated heterocycles. The molecule has 0 aromatic heterocycles. The van der Waals surface area contributed by atoms with Crippen LogP contribution in [-0.2, 0) is 22.7 Å². The van der Waals surface area contributed by atoms with Gasteiger partial charge in [0.15, 0.2) is 5.78 Å². The minimum absolute atomic E-state index is 0.0264. The topological polar surface area (TPSA) is 76.2 Å². The molecule has 0 bridgehead atoms. The summed E-state index contributed by atoms with van der Waals surface area (Å²) in [5.41, 5.74) is 3.66. The highest BCUT2D eigenvalue weighted by molar-refractivity contribution is 5.98. The molecule has 0 radical (unpaired) electrons. The summed E-state index contributed by atoms with van der Waals surface area (Å²) in [6, 6.07) is 27.3. The molecule has 8 heteroatoms. The molecule has 0 aliphatic carbocycles. The molecule has 0 saturated carbocycles. The number of nitrogens with zero attached hydrogens (tertiary/aromatic N) is 4. The fourth-order valence-corrected chi connectivity index (χ4v) is 5.83. The van der Waals surface area contributed by atoms with Crippen LogP contribution in [0.3, 0.4) is 0 Å². The zero-order chi connectivity index (χ0) is 29.3. The van der Waals surface area contributed by atoms with Gasteiger partial charge in [-0.25, -0.2) is 0 Å². The van der Waals surface area contributed by atoms with Crippen molar-refractivity contribution >= 4 is 23.3 Å². The van der Waals surface area contributed by atoms with E-state index >= 15 is 0 Å². The van der Waals surface area contributed by atoms with E-state index in [1.165, 1.54) is 18.1 Å². The Morgan fingerprint density at radius 3 is 1.79 bits per heavy atom. The highest BCUT2D eigenvalue weighted by Gasteiger charge is 2.35. The Bertz CT molecular complexity index is 1330. The molecule has 0 spiro atoms. The normalized spacial score (nSPS) is 17.5. The van der Waals surface area contributed by atoms with Crippen LogP contribution >= 0.6 is 0 Å². The van der Waals surface area contributed by atoms with Gasteiger partial charge in [-0.05, 0) is 30.2 Å². The fraction of sp³-hybridized carbons (Fsp3) is 0.382. The summed E-state index contributed by atoms with van der Waals surface area (Å²) in [6.07, 6.45) is 0.0754. The van der Waals surface area contributed by atoms with Crippen LogP contribution in [0.2, 0.25) is 0 Å². The van der Waals surface area contributed by atoms with Crippen molar-refractivity contribution in [2.75, 3.05) is 57.7 Å². The molecule has 3 aromatic carbocycles. The van der Waals surface area contributed by atoms with Gasteiger partial charge in [-0.3, -0.25) is 29.1 Å². The lowest BCUT2D eigenvalue weighted by Gasteiger charge is -2.42. The van der Waals surface area contributed by atoms with Gasteiger partial charge in [-0.1, -0.05) is 72.8 Å². The fourth-order valence-electron chi connectivity index (χ4n) is 5.83. The van der Waals surface area contributed by atoms with E-state index < -0.39 is 6.04 Å². The smallest absolute Gasteiger partial charge is 0.240 e. The molecule has 220 valence electrons. The lowest BCUT2D eigenvalue weighted by molar-refractivity contribution is -0.141. The van der Waals surface area contributed by atoms with E-state index in [1.54, 1.807) is 24.3 Å². The predicted molar refractivity (Wildman–Crippen MR) is 165 cm³/mol. The highest BCUT2D eigenvalue weighted by Crippen LogP contribution is 2.19. The number of benzene rings is 3. The zero-order valence-electron chi connectivity index (χ0n) is 24.5. The monoisotopic (exact) mass is 567 g/mol. The molecule has 1 atom stereocenters.